The smallest absolute Gasteiger partial charge is 0.322 e. The fraction of sp³-hybridized carbons (Fsp3) is 0.417. The van der Waals surface area contributed by atoms with Crippen LogP contribution in [0.5, 0.6) is 5.75 Å². The van der Waals surface area contributed by atoms with Crippen LogP contribution in [0.2, 0.25) is 0 Å². The number of benzene rings is 1. The maximum atomic E-state index is 11.1. The number of nitrogens with one attached hydrogen (secondary N) is 1. The van der Waals surface area contributed by atoms with E-state index in [-0.39, 0.29) is 12.0 Å². The third kappa shape index (κ3) is 3.55. The quantitative estimate of drug-likeness (QED) is 0.765. The van der Waals surface area contributed by atoms with Crippen molar-refractivity contribution < 1.29 is 14.3 Å². The van der Waals surface area contributed by atoms with Crippen LogP contribution in [0.1, 0.15) is 12.5 Å². The number of hydrogen-bond donors (Lipinski definition) is 1. The SMILES string of the molecule is COC(=O)C(C)NCc1cccc(OC)c1. The van der Waals surface area contributed by atoms with Crippen LogP contribution >= 0.6 is 0 Å². The second-order valence-corrected chi connectivity index (χ2v) is 3.48. The molecule has 1 atom stereocenters. The molecule has 16 heavy (non-hydrogen) atoms. The summed E-state index contributed by atoms with van der Waals surface area (Å²) in [5.74, 6) is 0.549. The molecule has 0 fully saturated rings. The van der Waals surface area contributed by atoms with Crippen LogP contribution in [0.25, 0.3) is 0 Å². The zero-order valence-corrected chi connectivity index (χ0v) is 9.82. The van der Waals surface area contributed by atoms with Gasteiger partial charge in [0.05, 0.1) is 14.2 Å². The predicted molar refractivity (Wildman–Crippen MR) is 61.3 cm³/mol. The van der Waals surface area contributed by atoms with Crippen molar-refractivity contribution in [1.82, 2.24) is 5.32 Å². The summed E-state index contributed by atoms with van der Waals surface area (Å²) in [4.78, 5) is 11.1. The van der Waals surface area contributed by atoms with Crippen LogP contribution < -0.4 is 10.1 Å². The van der Waals surface area contributed by atoms with Gasteiger partial charge in [-0.2, -0.15) is 0 Å². The first-order chi connectivity index (χ1) is 7.67. The summed E-state index contributed by atoms with van der Waals surface area (Å²) in [5, 5.41) is 3.07. The van der Waals surface area contributed by atoms with E-state index < -0.39 is 0 Å². The van der Waals surface area contributed by atoms with Crippen molar-refractivity contribution in [2.45, 2.75) is 19.5 Å². The van der Waals surface area contributed by atoms with Crippen LogP contribution in [0.4, 0.5) is 0 Å². The number of hydrogen-bond acceptors (Lipinski definition) is 4. The highest BCUT2D eigenvalue weighted by Crippen LogP contribution is 2.12. The molecule has 1 unspecified atom stereocenters. The molecule has 0 heterocycles. The van der Waals surface area contributed by atoms with Gasteiger partial charge in [0.15, 0.2) is 0 Å². The normalized spacial score (nSPS) is 11.9. The van der Waals surface area contributed by atoms with Crippen LogP contribution in [-0.2, 0) is 16.1 Å². The molecular weight excluding hydrogens is 206 g/mol. The molecule has 88 valence electrons. The Hall–Kier alpha value is -1.55. The first kappa shape index (κ1) is 12.5. The van der Waals surface area contributed by atoms with E-state index in [1.54, 1.807) is 14.0 Å². The summed E-state index contributed by atoms with van der Waals surface area (Å²) >= 11 is 0. The van der Waals surface area contributed by atoms with E-state index in [2.05, 4.69) is 10.1 Å². The fourth-order valence-corrected chi connectivity index (χ4v) is 1.31. The number of carbonyl (C=O) groups excluding carboxylic acids is 1. The zero-order valence-electron chi connectivity index (χ0n) is 9.82. The van der Waals surface area contributed by atoms with Gasteiger partial charge >= 0.3 is 5.97 Å². The Morgan fingerprint density at radius 2 is 2.19 bits per heavy atom. The molecule has 0 spiro atoms. The molecule has 0 aliphatic rings. The van der Waals surface area contributed by atoms with Gasteiger partial charge in [0.1, 0.15) is 11.8 Å². The molecular formula is C12H17NO3. The number of methoxy groups -OCH3 is 2. The minimum absolute atomic E-state index is 0.261. The summed E-state index contributed by atoms with van der Waals surface area (Å²) in [6.07, 6.45) is 0. The second-order valence-electron chi connectivity index (χ2n) is 3.48. The minimum Gasteiger partial charge on any atom is -0.497 e. The monoisotopic (exact) mass is 223 g/mol. The molecule has 1 rings (SSSR count). The Morgan fingerprint density at radius 3 is 2.81 bits per heavy atom. The Balaban J connectivity index is 2.51. The average molecular weight is 223 g/mol. The van der Waals surface area contributed by atoms with E-state index in [1.807, 2.05) is 24.3 Å². The van der Waals surface area contributed by atoms with Crippen molar-refractivity contribution in [2.24, 2.45) is 0 Å². The Bertz CT molecular complexity index is 352. The molecule has 0 aliphatic carbocycles. The highest BCUT2D eigenvalue weighted by atomic mass is 16.5. The highest BCUT2D eigenvalue weighted by molar-refractivity contribution is 5.75. The molecule has 4 nitrogen and oxygen atoms in total. The van der Waals surface area contributed by atoms with Crippen LogP contribution in [-0.4, -0.2) is 26.2 Å². The van der Waals surface area contributed by atoms with Gasteiger partial charge in [0.25, 0.3) is 0 Å². The van der Waals surface area contributed by atoms with Crippen molar-refractivity contribution in [3.63, 3.8) is 0 Å². The molecule has 0 amide bonds. The van der Waals surface area contributed by atoms with Crippen LogP contribution in [0.3, 0.4) is 0 Å². The summed E-state index contributed by atoms with van der Waals surface area (Å²) in [6, 6.07) is 7.39. The van der Waals surface area contributed by atoms with Crippen LogP contribution in [0, 0.1) is 0 Å². The van der Waals surface area contributed by atoms with E-state index in [0.717, 1.165) is 11.3 Å². The third-order valence-corrected chi connectivity index (χ3v) is 2.30. The Kier molecular flexibility index (Phi) is 4.79. The molecule has 0 aliphatic heterocycles. The van der Waals surface area contributed by atoms with E-state index in [1.165, 1.54) is 7.11 Å². The van der Waals surface area contributed by atoms with Crippen molar-refractivity contribution in [3.8, 4) is 5.75 Å². The van der Waals surface area contributed by atoms with Gasteiger partial charge in [-0.3, -0.25) is 4.79 Å². The van der Waals surface area contributed by atoms with Gasteiger partial charge in [-0.15, -0.1) is 0 Å². The molecule has 1 aromatic carbocycles. The molecule has 0 saturated carbocycles. The van der Waals surface area contributed by atoms with E-state index in [9.17, 15) is 4.79 Å². The molecule has 0 bridgehead atoms. The summed E-state index contributed by atoms with van der Waals surface area (Å²) in [5.41, 5.74) is 1.06. The number of rotatable bonds is 5. The van der Waals surface area contributed by atoms with Crippen molar-refractivity contribution in [2.75, 3.05) is 14.2 Å². The summed E-state index contributed by atoms with van der Waals surface area (Å²) < 4.78 is 9.73. The topological polar surface area (TPSA) is 47.6 Å². The standard InChI is InChI=1S/C12H17NO3/c1-9(12(14)16-3)13-8-10-5-4-6-11(7-10)15-2/h4-7,9,13H,8H2,1-3H3. The van der Waals surface area contributed by atoms with Gasteiger partial charge in [-0.05, 0) is 24.6 Å². The van der Waals surface area contributed by atoms with Gasteiger partial charge in [0, 0.05) is 6.54 Å². The van der Waals surface area contributed by atoms with Crippen molar-refractivity contribution in [3.05, 3.63) is 29.8 Å². The summed E-state index contributed by atoms with van der Waals surface area (Å²) in [6.45, 7) is 2.37. The predicted octanol–water partition coefficient (Wildman–Crippen LogP) is 1.35. The van der Waals surface area contributed by atoms with Crippen molar-refractivity contribution in [1.29, 1.82) is 0 Å². The lowest BCUT2D eigenvalue weighted by Crippen LogP contribution is -2.34. The average Bonchev–Trinajstić information content (AvgIpc) is 2.35. The molecule has 1 aromatic rings. The van der Waals surface area contributed by atoms with Gasteiger partial charge in [-0.25, -0.2) is 0 Å². The Morgan fingerprint density at radius 1 is 1.44 bits per heavy atom. The largest absolute Gasteiger partial charge is 0.497 e. The zero-order chi connectivity index (χ0) is 12.0. The van der Waals surface area contributed by atoms with Gasteiger partial charge in [-0.1, -0.05) is 12.1 Å². The molecule has 4 heteroatoms. The maximum Gasteiger partial charge on any atom is 0.322 e. The third-order valence-electron chi connectivity index (χ3n) is 2.30. The van der Waals surface area contributed by atoms with E-state index in [4.69, 9.17) is 4.74 Å². The lowest BCUT2D eigenvalue weighted by molar-refractivity contribution is -0.142. The minimum atomic E-state index is -0.309. The Labute approximate surface area is 95.6 Å². The number of esters is 1. The van der Waals surface area contributed by atoms with Crippen molar-refractivity contribution >= 4 is 5.97 Å². The highest BCUT2D eigenvalue weighted by Gasteiger charge is 2.11. The number of ether oxygens (including phenoxy) is 2. The van der Waals surface area contributed by atoms with E-state index >= 15 is 0 Å². The molecule has 1 N–H and O–H groups in total. The summed E-state index contributed by atoms with van der Waals surface area (Å²) in [7, 11) is 3.01. The van der Waals surface area contributed by atoms with Gasteiger partial charge in [0.2, 0.25) is 0 Å². The maximum absolute atomic E-state index is 11.1. The first-order valence-electron chi connectivity index (χ1n) is 5.11. The van der Waals surface area contributed by atoms with Gasteiger partial charge < -0.3 is 14.8 Å². The molecule has 0 radical (unpaired) electrons. The lowest BCUT2D eigenvalue weighted by Gasteiger charge is -2.11. The second kappa shape index (κ2) is 6.12. The molecule has 0 saturated heterocycles. The van der Waals surface area contributed by atoms with Crippen LogP contribution in [0.15, 0.2) is 24.3 Å². The first-order valence-corrected chi connectivity index (χ1v) is 5.11. The van der Waals surface area contributed by atoms with E-state index in [0.29, 0.717) is 6.54 Å². The number of carbonyl (C=O) groups is 1. The fourth-order valence-electron chi connectivity index (χ4n) is 1.31. The lowest BCUT2D eigenvalue weighted by atomic mass is 10.2. The molecule has 0 aromatic heterocycles.